The van der Waals surface area contributed by atoms with Crippen LogP contribution in [0.3, 0.4) is 0 Å². The maximum absolute atomic E-state index is 11.6. The first-order valence-corrected chi connectivity index (χ1v) is 8.10. The van der Waals surface area contributed by atoms with Crippen molar-refractivity contribution in [3.63, 3.8) is 0 Å². The van der Waals surface area contributed by atoms with Crippen LogP contribution in [0.5, 0.6) is 0 Å². The summed E-state index contributed by atoms with van der Waals surface area (Å²) in [5, 5.41) is 0. The van der Waals surface area contributed by atoms with E-state index >= 15 is 0 Å². The molecule has 0 heterocycles. The van der Waals surface area contributed by atoms with Crippen LogP contribution >= 0.6 is 0 Å². The SMILES string of the molecule is O=Cc1cccc2c1C1c3ccccc3C2c2c(C=O)cccc21. The normalized spacial score (nSPS) is 19.2. The van der Waals surface area contributed by atoms with Gasteiger partial charge in [-0.2, -0.15) is 0 Å². The Morgan fingerprint density at radius 1 is 0.542 bits per heavy atom. The summed E-state index contributed by atoms with van der Waals surface area (Å²) < 4.78 is 0. The van der Waals surface area contributed by atoms with Crippen molar-refractivity contribution in [3.05, 3.63) is 105 Å². The monoisotopic (exact) mass is 310 g/mol. The fraction of sp³-hybridized carbons (Fsp3) is 0.0909. The van der Waals surface area contributed by atoms with E-state index in [9.17, 15) is 9.59 Å². The molecule has 2 bridgehead atoms. The number of carbonyl (C=O) groups is 2. The van der Waals surface area contributed by atoms with E-state index in [4.69, 9.17) is 0 Å². The highest BCUT2D eigenvalue weighted by atomic mass is 16.1. The molecule has 24 heavy (non-hydrogen) atoms. The van der Waals surface area contributed by atoms with E-state index < -0.39 is 0 Å². The standard InChI is InChI=1S/C22H14O2/c23-11-13-5-4-10-18-19(13)21-15-7-1-2-8-16(15)22(18)20-14(12-24)6-3-9-17(20)21/h1-12,21-22H. The maximum atomic E-state index is 11.6. The topological polar surface area (TPSA) is 34.1 Å². The first-order valence-electron chi connectivity index (χ1n) is 8.10. The van der Waals surface area contributed by atoms with Gasteiger partial charge >= 0.3 is 0 Å². The highest BCUT2D eigenvalue weighted by molar-refractivity contribution is 5.86. The highest BCUT2D eigenvalue weighted by Crippen LogP contribution is 2.56. The molecule has 2 unspecified atom stereocenters. The van der Waals surface area contributed by atoms with Gasteiger partial charge in [0.1, 0.15) is 12.6 Å². The molecule has 3 aromatic carbocycles. The second-order valence-corrected chi connectivity index (χ2v) is 6.43. The Balaban J connectivity index is 1.95. The molecule has 0 aromatic heterocycles. The minimum atomic E-state index is 0.0255. The van der Waals surface area contributed by atoms with Crippen molar-refractivity contribution in [2.45, 2.75) is 11.8 Å². The number of carbonyl (C=O) groups excluding carboxylic acids is 2. The Labute approximate surface area is 139 Å². The fourth-order valence-corrected chi connectivity index (χ4v) is 4.57. The molecular formula is C22H14O2. The van der Waals surface area contributed by atoms with E-state index in [1.54, 1.807) is 0 Å². The first-order chi connectivity index (χ1) is 11.8. The third kappa shape index (κ3) is 1.50. The van der Waals surface area contributed by atoms with Crippen molar-refractivity contribution in [2.24, 2.45) is 0 Å². The molecule has 0 N–H and O–H groups in total. The Kier molecular flexibility index (Phi) is 2.66. The van der Waals surface area contributed by atoms with Crippen LogP contribution in [0.25, 0.3) is 0 Å². The Morgan fingerprint density at radius 3 is 1.38 bits per heavy atom. The van der Waals surface area contributed by atoms with Gasteiger partial charge < -0.3 is 0 Å². The van der Waals surface area contributed by atoms with Crippen LogP contribution in [0.2, 0.25) is 0 Å². The molecule has 2 nitrogen and oxygen atoms in total. The highest BCUT2D eigenvalue weighted by Gasteiger charge is 2.43. The average Bonchev–Trinajstić information content (AvgIpc) is 2.66. The minimum absolute atomic E-state index is 0.0255. The van der Waals surface area contributed by atoms with Gasteiger partial charge in [-0.1, -0.05) is 60.7 Å². The molecule has 114 valence electrons. The van der Waals surface area contributed by atoms with Gasteiger partial charge in [0, 0.05) is 23.0 Å². The number of rotatable bonds is 2. The first kappa shape index (κ1) is 13.4. The van der Waals surface area contributed by atoms with Crippen LogP contribution in [0.1, 0.15) is 65.9 Å². The zero-order valence-corrected chi connectivity index (χ0v) is 12.9. The third-order valence-corrected chi connectivity index (χ3v) is 5.42. The minimum Gasteiger partial charge on any atom is -0.298 e. The van der Waals surface area contributed by atoms with Crippen LogP contribution in [0.15, 0.2) is 60.7 Å². The summed E-state index contributed by atoms with van der Waals surface area (Å²) in [5.41, 5.74) is 8.52. The molecule has 0 spiro atoms. The molecule has 3 aliphatic rings. The average molecular weight is 310 g/mol. The van der Waals surface area contributed by atoms with Gasteiger partial charge in [-0.25, -0.2) is 0 Å². The Morgan fingerprint density at radius 2 is 0.958 bits per heavy atom. The third-order valence-electron chi connectivity index (χ3n) is 5.42. The number of aldehydes is 2. The van der Waals surface area contributed by atoms with E-state index in [1.807, 2.05) is 36.4 Å². The lowest BCUT2D eigenvalue weighted by molar-refractivity contribution is 0.111. The van der Waals surface area contributed by atoms with Gasteiger partial charge in [0.2, 0.25) is 0 Å². The predicted molar refractivity (Wildman–Crippen MR) is 92.0 cm³/mol. The molecule has 0 aliphatic heterocycles. The molecule has 2 heteroatoms. The summed E-state index contributed by atoms with van der Waals surface area (Å²) >= 11 is 0. The summed E-state index contributed by atoms with van der Waals surface area (Å²) in [6.45, 7) is 0. The summed E-state index contributed by atoms with van der Waals surface area (Å²) in [7, 11) is 0. The van der Waals surface area contributed by atoms with E-state index in [-0.39, 0.29) is 11.8 Å². The van der Waals surface area contributed by atoms with E-state index in [2.05, 4.69) is 24.3 Å². The Hall–Kier alpha value is -3.00. The van der Waals surface area contributed by atoms with Crippen LogP contribution in [0, 0.1) is 0 Å². The lowest BCUT2D eigenvalue weighted by Gasteiger charge is -2.43. The van der Waals surface area contributed by atoms with Crippen LogP contribution in [-0.2, 0) is 0 Å². The van der Waals surface area contributed by atoms with Gasteiger partial charge in [-0.3, -0.25) is 9.59 Å². The van der Waals surface area contributed by atoms with Crippen LogP contribution in [0.4, 0.5) is 0 Å². The zero-order chi connectivity index (χ0) is 16.3. The van der Waals surface area contributed by atoms with E-state index in [1.165, 1.54) is 11.1 Å². The van der Waals surface area contributed by atoms with Gasteiger partial charge in [0.05, 0.1) is 0 Å². The summed E-state index contributed by atoms with van der Waals surface area (Å²) in [6.07, 6.45) is 1.90. The molecule has 0 fully saturated rings. The molecule has 6 rings (SSSR count). The lowest BCUT2D eigenvalue weighted by Crippen LogP contribution is -2.29. The van der Waals surface area contributed by atoms with Gasteiger partial charge in [-0.15, -0.1) is 0 Å². The second kappa shape index (κ2) is 4.75. The van der Waals surface area contributed by atoms with Crippen molar-refractivity contribution < 1.29 is 9.59 Å². The number of hydrogen-bond acceptors (Lipinski definition) is 2. The van der Waals surface area contributed by atoms with Crippen molar-refractivity contribution in [3.8, 4) is 0 Å². The maximum Gasteiger partial charge on any atom is 0.150 e. The molecule has 3 aliphatic carbocycles. The van der Waals surface area contributed by atoms with Gasteiger partial charge in [-0.05, 0) is 33.4 Å². The predicted octanol–water partition coefficient (Wildman–Crippen LogP) is 4.30. The van der Waals surface area contributed by atoms with Crippen molar-refractivity contribution in [1.82, 2.24) is 0 Å². The van der Waals surface area contributed by atoms with Crippen LogP contribution < -0.4 is 0 Å². The molecule has 2 atom stereocenters. The lowest BCUT2D eigenvalue weighted by atomic mass is 9.59. The molecular weight excluding hydrogens is 296 g/mol. The molecule has 0 saturated carbocycles. The molecule has 3 aromatic rings. The van der Waals surface area contributed by atoms with Crippen molar-refractivity contribution in [1.29, 1.82) is 0 Å². The van der Waals surface area contributed by atoms with E-state index in [0.29, 0.717) is 0 Å². The second-order valence-electron chi connectivity index (χ2n) is 6.43. The zero-order valence-electron chi connectivity index (χ0n) is 12.9. The van der Waals surface area contributed by atoms with Crippen molar-refractivity contribution in [2.75, 3.05) is 0 Å². The molecule has 0 saturated heterocycles. The quantitative estimate of drug-likeness (QED) is 0.456. The molecule has 0 radical (unpaired) electrons. The largest absolute Gasteiger partial charge is 0.298 e. The Bertz CT molecular complexity index is 934. The van der Waals surface area contributed by atoms with Gasteiger partial charge in [0.25, 0.3) is 0 Å². The number of benzene rings is 3. The van der Waals surface area contributed by atoms with Gasteiger partial charge in [0.15, 0.2) is 0 Å². The van der Waals surface area contributed by atoms with Crippen molar-refractivity contribution >= 4 is 12.6 Å². The number of hydrogen-bond donors (Lipinski definition) is 0. The van der Waals surface area contributed by atoms with E-state index in [0.717, 1.165) is 46.0 Å². The fourth-order valence-electron chi connectivity index (χ4n) is 4.57. The summed E-state index contributed by atoms with van der Waals surface area (Å²) in [5.74, 6) is 0.0509. The summed E-state index contributed by atoms with van der Waals surface area (Å²) in [4.78, 5) is 23.3. The smallest absolute Gasteiger partial charge is 0.150 e. The van der Waals surface area contributed by atoms with Crippen LogP contribution in [-0.4, -0.2) is 12.6 Å². The summed E-state index contributed by atoms with van der Waals surface area (Å²) in [6, 6.07) is 20.2. The molecule has 0 amide bonds.